The summed E-state index contributed by atoms with van der Waals surface area (Å²) in [6.07, 6.45) is 2.25. The maximum absolute atomic E-state index is 14.1. The molecular weight excluding hydrogens is 603 g/mol. The van der Waals surface area contributed by atoms with Gasteiger partial charge in [-0.25, -0.2) is 14.0 Å². The molecule has 47 heavy (non-hydrogen) atoms. The molecule has 2 aliphatic rings. The molecule has 11 heteroatoms. The fourth-order valence-corrected chi connectivity index (χ4v) is 6.90. The van der Waals surface area contributed by atoms with E-state index in [9.17, 15) is 23.6 Å². The first-order chi connectivity index (χ1) is 22.5. The van der Waals surface area contributed by atoms with Crippen LogP contribution >= 0.6 is 0 Å². The van der Waals surface area contributed by atoms with E-state index < -0.39 is 36.4 Å². The molecule has 1 aliphatic heterocycles. The average molecular weight is 649 g/mol. The summed E-state index contributed by atoms with van der Waals surface area (Å²) < 4.78 is 24.4. The van der Waals surface area contributed by atoms with E-state index in [1.165, 1.54) is 0 Å². The molecule has 252 valence electrons. The van der Waals surface area contributed by atoms with Crippen molar-refractivity contribution in [1.82, 2.24) is 15.2 Å². The standard InChI is InChI=1S/C36H45FN4O6/c1-5-46-34(44)29-20-25-19-26(15-16-28(25)39-29)38-32(42)31-27(22-9-7-6-8-10-22)17-18-41(31)33(43)24-13-11-23(12-14-24)30(21-37)40-35(45)47-36(2,3)4/h6-10,15-16,19-20,23-24,27,30-31,39H,5,11-14,17-18,21H2,1-4H3,(H,38,42)(H,40,45)/t23-,24-,27-,30+,31-/m0/s1. The number of H-pyrrole nitrogens is 1. The van der Waals surface area contributed by atoms with Gasteiger partial charge in [0.2, 0.25) is 11.8 Å². The normalized spacial score (nSPS) is 22.0. The summed E-state index contributed by atoms with van der Waals surface area (Å²) in [5.74, 6) is -1.39. The highest BCUT2D eigenvalue weighted by molar-refractivity contribution is 6.01. The number of likely N-dealkylation sites (tertiary alicyclic amines) is 1. The summed E-state index contributed by atoms with van der Waals surface area (Å²) in [4.78, 5) is 57.4. The highest BCUT2D eigenvalue weighted by Gasteiger charge is 2.45. The quantitative estimate of drug-likeness (QED) is 0.232. The van der Waals surface area contributed by atoms with Crippen LogP contribution in [0.1, 0.15) is 81.8 Å². The predicted octanol–water partition coefficient (Wildman–Crippen LogP) is 6.34. The van der Waals surface area contributed by atoms with Crippen LogP contribution in [0.25, 0.3) is 10.9 Å². The highest BCUT2D eigenvalue weighted by Crippen LogP contribution is 2.39. The van der Waals surface area contributed by atoms with Crippen LogP contribution < -0.4 is 10.6 Å². The second kappa shape index (κ2) is 14.6. The Kier molecular flexibility index (Phi) is 10.5. The third-order valence-electron chi connectivity index (χ3n) is 9.12. The minimum Gasteiger partial charge on any atom is -0.461 e. The van der Waals surface area contributed by atoms with Crippen molar-refractivity contribution in [3.63, 3.8) is 0 Å². The first kappa shape index (κ1) is 33.9. The summed E-state index contributed by atoms with van der Waals surface area (Å²) in [6.45, 7) is 7.01. The molecule has 2 fully saturated rings. The van der Waals surface area contributed by atoms with Crippen molar-refractivity contribution in [3.8, 4) is 0 Å². The van der Waals surface area contributed by atoms with Gasteiger partial charge in [0.05, 0.1) is 12.6 Å². The number of anilines is 1. The van der Waals surface area contributed by atoms with Gasteiger partial charge >= 0.3 is 12.1 Å². The van der Waals surface area contributed by atoms with Gasteiger partial charge in [-0.3, -0.25) is 9.59 Å². The molecule has 3 N–H and O–H groups in total. The number of esters is 1. The van der Waals surface area contributed by atoms with Gasteiger partial charge in [-0.15, -0.1) is 0 Å². The Hall–Kier alpha value is -4.41. The molecule has 5 rings (SSSR count). The van der Waals surface area contributed by atoms with Gasteiger partial charge in [-0.2, -0.15) is 0 Å². The lowest BCUT2D eigenvalue weighted by Crippen LogP contribution is -2.49. The van der Waals surface area contributed by atoms with Gasteiger partial charge in [0.25, 0.3) is 0 Å². The molecule has 10 nitrogen and oxygen atoms in total. The maximum atomic E-state index is 14.1. The fourth-order valence-electron chi connectivity index (χ4n) is 6.90. The zero-order valence-electron chi connectivity index (χ0n) is 27.5. The number of nitrogens with one attached hydrogen (secondary N) is 3. The summed E-state index contributed by atoms with van der Waals surface area (Å²) >= 11 is 0. The highest BCUT2D eigenvalue weighted by atomic mass is 19.1. The molecule has 3 amide bonds. The summed E-state index contributed by atoms with van der Waals surface area (Å²) in [7, 11) is 0. The van der Waals surface area contributed by atoms with Crippen LogP contribution in [0.3, 0.4) is 0 Å². The van der Waals surface area contributed by atoms with Crippen LogP contribution in [-0.2, 0) is 19.1 Å². The van der Waals surface area contributed by atoms with Crippen LogP contribution in [0.5, 0.6) is 0 Å². The van der Waals surface area contributed by atoms with Crippen molar-refractivity contribution in [2.45, 2.75) is 83.4 Å². The zero-order chi connectivity index (χ0) is 33.7. The molecular formula is C36H45FN4O6. The number of ether oxygens (including phenoxy) is 2. The number of aromatic nitrogens is 1. The number of halogens is 1. The number of rotatable bonds is 9. The van der Waals surface area contributed by atoms with Crippen LogP contribution in [0.2, 0.25) is 0 Å². The number of carbonyl (C=O) groups is 4. The third kappa shape index (κ3) is 8.12. The van der Waals surface area contributed by atoms with Crippen LogP contribution in [-0.4, -0.2) is 71.3 Å². The summed E-state index contributed by atoms with van der Waals surface area (Å²) in [5.41, 5.74) is 1.92. The molecule has 3 aromatic rings. The van der Waals surface area contributed by atoms with Crippen molar-refractivity contribution in [3.05, 3.63) is 65.9 Å². The molecule has 0 spiro atoms. The van der Waals surface area contributed by atoms with Gasteiger partial charge < -0.3 is 30.0 Å². The first-order valence-corrected chi connectivity index (χ1v) is 16.5. The molecule has 1 saturated carbocycles. The van der Waals surface area contributed by atoms with E-state index in [-0.39, 0.29) is 36.2 Å². The minimum absolute atomic E-state index is 0.0703. The Bertz CT molecular complexity index is 1580. The lowest BCUT2D eigenvalue weighted by atomic mass is 9.78. The van der Waals surface area contributed by atoms with E-state index in [0.29, 0.717) is 50.0 Å². The van der Waals surface area contributed by atoms with Crippen molar-refractivity contribution in [2.24, 2.45) is 11.8 Å². The van der Waals surface area contributed by atoms with Gasteiger partial charge in [-0.05, 0) is 95.5 Å². The minimum atomic E-state index is -0.716. The SMILES string of the molecule is CCOC(=O)c1cc2cc(NC(=O)[C@@H]3[C@H](c4ccccc4)CCN3C(=O)[C@H]3CC[C@H]([C@@H](CF)NC(=O)OC(C)(C)C)CC3)ccc2[nH]1. The topological polar surface area (TPSA) is 130 Å². The van der Waals surface area contributed by atoms with E-state index in [1.807, 2.05) is 30.3 Å². The van der Waals surface area contributed by atoms with Gasteiger partial charge in [0.1, 0.15) is 24.0 Å². The van der Waals surface area contributed by atoms with Gasteiger partial charge in [-0.1, -0.05) is 30.3 Å². The average Bonchev–Trinajstić information content (AvgIpc) is 3.68. The van der Waals surface area contributed by atoms with E-state index in [4.69, 9.17) is 9.47 Å². The monoisotopic (exact) mass is 648 g/mol. The number of hydrogen-bond acceptors (Lipinski definition) is 6. The molecule has 1 saturated heterocycles. The number of nitrogens with zero attached hydrogens (tertiary/aromatic N) is 1. The lowest BCUT2D eigenvalue weighted by molar-refractivity contribution is -0.141. The molecule has 0 radical (unpaired) electrons. The van der Waals surface area contributed by atoms with E-state index >= 15 is 0 Å². The number of alkyl carbamates (subject to hydrolysis) is 1. The van der Waals surface area contributed by atoms with Crippen molar-refractivity contribution >= 4 is 40.5 Å². The van der Waals surface area contributed by atoms with Crippen LogP contribution in [0.15, 0.2) is 54.6 Å². The fraction of sp³-hybridized carbons (Fsp3) is 0.500. The van der Waals surface area contributed by atoms with E-state index in [0.717, 1.165) is 16.5 Å². The molecule has 0 bridgehead atoms. The number of carbonyl (C=O) groups excluding carboxylic acids is 4. The Morgan fingerprint density at radius 1 is 1.00 bits per heavy atom. The number of alkyl halides is 1. The third-order valence-corrected chi connectivity index (χ3v) is 9.12. The second-order valence-electron chi connectivity index (χ2n) is 13.5. The summed E-state index contributed by atoms with van der Waals surface area (Å²) in [5, 5.41) is 6.45. The van der Waals surface area contributed by atoms with E-state index in [2.05, 4.69) is 15.6 Å². The largest absolute Gasteiger partial charge is 0.461 e. The number of hydrogen-bond donors (Lipinski definition) is 3. The predicted molar refractivity (Wildman–Crippen MR) is 177 cm³/mol. The molecule has 0 unspecified atom stereocenters. The zero-order valence-corrected chi connectivity index (χ0v) is 27.5. The van der Waals surface area contributed by atoms with Crippen molar-refractivity contribution in [1.29, 1.82) is 0 Å². The Balaban J connectivity index is 1.29. The summed E-state index contributed by atoms with van der Waals surface area (Å²) in [6, 6.07) is 15.4. The lowest BCUT2D eigenvalue weighted by Gasteiger charge is -2.36. The number of fused-ring (bicyclic) bond motifs is 1. The number of benzene rings is 2. The second-order valence-corrected chi connectivity index (χ2v) is 13.5. The Labute approximate surface area is 274 Å². The van der Waals surface area contributed by atoms with E-state index in [1.54, 1.807) is 56.9 Å². The molecule has 1 aliphatic carbocycles. The van der Waals surface area contributed by atoms with Crippen LogP contribution in [0.4, 0.5) is 14.9 Å². The first-order valence-electron chi connectivity index (χ1n) is 16.5. The molecule has 2 heterocycles. The smallest absolute Gasteiger partial charge is 0.407 e. The van der Waals surface area contributed by atoms with Crippen molar-refractivity contribution < 1.29 is 33.0 Å². The van der Waals surface area contributed by atoms with Gasteiger partial charge in [0.15, 0.2) is 0 Å². The number of aromatic amines is 1. The van der Waals surface area contributed by atoms with Crippen LogP contribution in [0, 0.1) is 11.8 Å². The maximum Gasteiger partial charge on any atom is 0.407 e. The molecule has 1 aromatic heterocycles. The Morgan fingerprint density at radius 2 is 1.72 bits per heavy atom. The van der Waals surface area contributed by atoms with Crippen molar-refractivity contribution in [2.75, 3.05) is 25.1 Å². The molecule has 2 aromatic carbocycles. The van der Waals surface area contributed by atoms with Gasteiger partial charge in [0, 0.05) is 35.0 Å². The molecule has 3 atom stereocenters. The Morgan fingerprint density at radius 3 is 2.38 bits per heavy atom. The number of amides is 3.